The van der Waals surface area contributed by atoms with Gasteiger partial charge in [0, 0.05) is 35.3 Å². The summed E-state index contributed by atoms with van der Waals surface area (Å²) in [4.78, 5) is 32.6. The van der Waals surface area contributed by atoms with E-state index in [1.807, 2.05) is 18.1 Å². The minimum atomic E-state index is -1.25. The van der Waals surface area contributed by atoms with Crippen molar-refractivity contribution in [3.63, 3.8) is 0 Å². The van der Waals surface area contributed by atoms with Crippen LogP contribution in [0.4, 0.5) is 4.39 Å². The average molecular weight is 528 g/mol. The molecule has 0 aromatic heterocycles. The van der Waals surface area contributed by atoms with E-state index in [0.29, 0.717) is 30.9 Å². The van der Waals surface area contributed by atoms with Crippen LogP contribution in [-0.4, -0.2) is 64.4 Å². The van der Waals surface area contributed by atoms with Gasteiger partial charge in [-0.1, -0.05) is 52.0 Å². The number of aliphatic hydroxyl groups excluding tert-OH is 2. The molecule has 0 bridgehead atoms. The second-order valence-corrected chi connectivity index (χ2v) is 14.2. The van der Waals surface area contributed by atoms with Gasteiger partial charge in [0.05, 0.1) is 6.10 Å². The maximum absolute atomic E-state index is 16.0. The zero-order chi connectivity index (χ0) is 26.7. The van der Waals surface area contributed by atoms with Gasteiger partial charge in [0.15, 0.2) is 17.2 Å². The average Bonchev–Trinajstić information content (AvgIpc) is 3.37. The van der Waals surface area contributed by atoms with Crippen LogP contribution in [0.1, 0.15) is 78.1 Å². The van der Waals surface area contributed by atoms with Crippen LogP contribution < -0.4 is 0 Å². The summed E-state index contributed by atoms with van der Waals surface area (Å²) in [6.07, 6.45) is 12.4. The lowest BCUT2D eigenvalue weighted by Crippen LogP contribution is -2.64. The maximum Gasteiger partial charge on any atom is 0.192 e. The van der Waals surface area contributed by atoms with Crippen LogP contribution in [0, 0.1) is 39.4 Å². The van der Waals surface area contributed by atoms with Crippen LogP contribution in [0.5, 0.6) is 0 Å². The van der Waals surface area contributed by atoms with Gasteiger partial charge < -0.3 is 10.2 Å². The molecule has 1 aliphatic heterocycles. The Morgan fingerprint density at radius 3 is 2.71 bits per heavy atom. The number of carbonyl (C=O) groups is 2. The third-order valence-corrected chi connectivity index (χ3v) is 13.0. The first-order valence-corrected chi connectivity index (χ1v) is 14.9. The third-order valence-electron chi connectivity index (χ3n) is 13.0. The molecule has 0 spiro atoms. The van der Waals surface area contributed by atoms with Crippen LogP contribution in [0.25, 0.3) is 0 Å². The molecule has 9 atom stereocenters. The molecule has 0 aromatic rings. The maximum atomic E-state index is 16.0. The standard InChI is InChI=1S/C31H42FNO5/c1-27-10-8-21(35)13-22(27)23(32)14-29-18-30(27,29)25(36)15-28(2)24(29)12-20-16-33(38-31(20,28)26(37)17-34)11-9-19-6-4-3-5-7-19/h8,10,13,19-20,23-25,34,36H,3-7,9,11-12,14-18H2,1-2H3/t20-,23-,24+,25-,27-,28-,29?,30+,31-/m0/s1. The van der Waals surface area contributed by atoms with Gasteiger partial charge in [0.1, 0.15) is 12.8 Å². The molecule has 7 aliphatic rings. The highest BCUT2D eigenvalue weighted by Gasteiger charge is 2.90. The van der Waals surface area contributed by atoms with Gasteiger partial charge in [0.25, 0.3) is 0 Å². The highest BCUT2D eigenvalue weighted by molar-refractivity contribution is 6.01. The number of nitrogens with zero attached hydrogens (tertiary/aromatic N) is 1. The highest BCUT2D eigenvalue weighted by atomic mass is 19.1. The largest absolute Gasteiger partial charge is 0.392 e. The molecule has 5 saturated carbocycles. The van der Waals surface area contributed by atoms with Crippen LogP contribution >= 0.6 is 0 Å². The zero-order valence-electron chi connectivity index (χ0n) is 22.8. The normalized spacial score (nSPS) is 51.5. The predicted octanol–water partition coefficient (Wildman–Crippen LogP) is 4.10. The number of alkyl halides is 1. The quantitative estimate of drug-likeness (QED) is 0.560. The molecule has 2 N–H and O–H groups in total. The lowest BCUT2D eigenvalue weighted by molar-refractivity contribution is -0.252. The molecule has 6 fully saturated rings. The fourth-order valence-electron chi connectivity index (χ4n) is 11.4. The first-order chi connectivity index (χ1) is 18.1. The molecule has 1 heterocycles. The van der Waals surface area contributed by atoms with E-state index in [4.69, 9.17) is 4.84 Å². The molecule has 6 aliphatic carbocycles. The minimum Gasteiger partial charge on any atom is -0.392 e. The fraction of sp³-hybridized carbons (Fsp3) is 0.806. The van der Waals surface area contributed by atoms with E-state index in [1.54, 1.807) is 0 Å². The summed E-state index contributed by atoms with van der Waals surface area (Å²) in [5, 5.41) is 24.1. The summed E-state index contributed by atoms with van der Waals surface area (Å²) >= 11 is 0. The first kappa shape index (κ1) is 25.6. The molecular weight excluding hydrogens is 485 g/mol. The number of hydrogen-bond acceptors (Lipinski definition) is 6. The Bertz CT molecular complexity index is 1130. The number of carbonyl (C=O) groups excluding carboxylic acids is 2. The number of Topliss-reactive ketones (excluding diaryl/α,β-unsaturated/α-hetero) is 1. The Hall–Kier alpha value is -1.41. The molecule has 6 nitrogen and oxygen atoms in total. The molecule has 7 heteroatoms. The summed E-state index contributed by atoms with van der Waals surface area (Å²) in [6.45, 7) is 4.88. The third kappa shape index (κ3) is 2.82. The molecule has 208 valence electrons. The SMILES string of the molecule is C[C@]12C=CC(=O)C=C1[C@@H](F)CC13C[C@]12[C@@H](O)C[C@@]1(C)[C@H]3C[C@H]2CN(CCC3CCCCC3)O[C@]21C(=O)CO. The summed E-state index contributed by atoms with van der Waals surface area (Å²) in [6, 6.07) is 0. The molecule has 1 unspecified atom stereocenters. The minimum absolute atomic E-state index is 0.00190. The fourth-order valence-corrected chi connectivity index (χ4v) is 11.4. The Kier molecular flexibility index (Phi) is 5.43. The summed E-state index contributed by atoms with van der Waals surface area (Å²) < 4.78 is 16.0. The van der Waals surface area contributed by atoms with Gasteiger partial charge in [-0.3, -0.25) is 14.4 Å². The van der Waals surface area contributed by atoms with Crippen molar-refractivity contribution >= 4 is 11.6 Å². The molecule has 0 amide bonds. The van der Waals surface area contributed by atoms with E-state index in [2.05, 4.69) is 6.92 Å². The van der Waals surface area contributed by atoms with Crippen molar-refractivity contribution in [2.75, 3.05) is 19.7 Å². The van der Waals surface area contributed by atoms with Gasteiger partial charge in [-0.05, 0) is 67.1 Å². The lowest BCUT2D eigenvalue weighted by atomic mass is 9.46. The molecule has 1 saturated heterocycles. The van der Waals surface area contributed by atoms with Crippen molar-refractivity contribution in [1.29, 1.82) is 0 Å². The Labute approximate surface area is 224 Å². The van der Waals surface area contributed by atoms with E-state index >= 15 is 4.39 Å². The smallest absolute Gasteiger partial charge is 0.192 e. The van der Waals surface area contributed by atoms with Crippen LogP contribution in [0.15, 0.2) is 23.8 Å². The monoisotopic (exact) mass is 527 g/mol. The predicted molar refractivity (Wildman–Crippen MR) is 138 cm³/mol. The van der Waals surface area contributed by atoms with Crippen molar-refractivity contribution in [3.05, 3.63) is 23.8 Å². The second kappa shape index (κ2) is 8.08. The van der Waals surface area contributed by atoms with Crippen LogP contribution in [-0.2, 0) is 14.4 Å². The van der Waals surface area contributed by atoms with E-state index in [9.17, 15) is 19.8 Å². The van der Waals surface area contributed by atoms with E-state index in [0.717, 1.165) is 19.4 Å². The molecular formula is C31H42FNO5. The number of ketones is 2. The van der Waals surface area contributed by atoms with Gasteiger partial charge in [-0.25, -0.2) is 4.39 Å². The van der Waals surface area contributed by atoms with Crippen molar-refractivity contribution in [2.24, 2.45) is 39.4 Å². The number of halogens is 1. The second-order valence-electron chi connectivity index (χ2n) is 14.2. The zero-order valence-corrected chi connectivity index (χ0v) is 22.8. The van der Waals surface area contributed by atoms with E-state index in [1.165, 1.54) is 44.3 Å². The molecule has 0 radical (unpaired) electrons. The van der Waals surface area contributed by atoms with Crippen LogP contribution in [0.3, 0.4) is 0 Å². The summed E-state index contributed by atoms with van der Waals surface area (Å²) in [5.74, 6) is 0.122. The van der Waals surface area contributed by atoms with Gasteiger partial charge >= 0.3 is 0 Å². The first-order valence-electron chi connectivity index (χ1n) is 14.9. The topological polar surface area (TPSA) is 87.1 Å². The van der Waals surface area contributed by atoms with Crippen molar-refractivity contribution < 1.29 is 29.0 Å². The van der Waals surface area contributed by atoms with Gasteiger partial charge in [-0.15, -0.1) is 0 Å². The number of rotatable bonds is 5. The Balaban J connectivity index is 1.23. The van der Waals surface area contributed by atoms with Crippen molar-refractivity contribution in [3.8, 4) is 0 Å². The summed E-state index contributed by atoms with van der Waals surface area (Å²) in [7, 11) is 0. The van der Waals surface area contributed by atoms with Crippen LogP contribution in [0.2, 0.25) is 0 Å². The van der Waals surface area contributed by atoms with Crippen molar-refractivity contribution in [2.45, 2.75) is 95.9 Å². The van der Waals surface area contributed by atoms with E-state index < -0.39 is 46.1 Å². The number of aliphatic hydroxyl groups is 2. The number of hydrogen-bond donors (Lipinski definition) is 2. The Morgan fingerprint density at radius 1 is 1.21 bits per heavy atom. The highest BCUT2D eigenvalue weighted by Crippen LogP contribution is 2.90. The Morgan fingerprint density at radius 2 is 1.97 bits per heavy atom. The molecule has 7 rings (SSSR count). The molecule has 0 aromatic carbocycles. The number of allylic oxidation sites excluding steroid dienone is 4. The lowest BCUT2D eigenvalue weighted by Gasteiger charge is -2.59. The number of fused-ring (bicyclic) bond motifs is 4. The van der Waals surface area contributed by atoms with E-state index in [-0.39, 0.29) is 29.8 Å². The molecule has 38 heavy (non-hydrogen) atoms. The number of hydroxylamine groups is 2. The summed E-state index contributed by atoms with van der Waals surface area (Å²) in [5.41, 5.74) is -3.12. The van der Waals surface area contributed by atoms with Gasteiger partial charge in [0.2, 0.25) is 0 Å². The van der Waals surface area contributed by atoms with Crippen molar-refractivity contribution in [1.82, 2.24) is 5.06 Å². The van der Waals surface area contributed by atoms with Gasteiger partial charge in [-0.2, -0.15) is 5.06 Å².